The third kappa shape index (κ3) is 3.12. The van der Waals surface area contributed by atoms with Gasteiger partial charge in [-0.05, 0) is 5.56 Å². The lowest BCUT2D eigenvalue weighted by Crippen LogP contribution is -2.71. The van der Waals surface area contributed by atoms with Gasteiger partial charge < -0.3 is 35.6 Å². The van der Waals surface area contributed by atoms with E-state index in [1.165, 1.54) is 0 Å². The fourth-order valence-corrected chi connectivity index (χ4v) is 2.20. The number of esters is 1. The minimum atomic E-state index is -2.65. The van der Waals surface area contributed by atoms with Crippen LogP contribution in [0.4, 0.5) is 0 Å². The summed E-state index contributed by atoms with van der Waals surface area (Å²) in [5, 5.41) is 38.8. The summed E-state index contributed by atoms with van der Waals surface area (Å²) in [4.78, 5) is 12.1. The van der Waals surface area contributed by atoms with Gasteiger partial charge in [0, 0.05) is 0 Å². The molecule has 0 radical (unpaired) electrons. The van der Waals surface area contributed by atoms with Crippen molar-refractivity contribution >= 4 is 5.97 Å². The Labute approximate surface area is 126 Å². The molecule has 2 rings (SSSR count). The molecule has 0 saturated carbocycles. The van der Waals surface area contributed by atoms with Crippen LogP contribution < -0.4 is 5.73 Å². The van der Waals surface area contributed by atoms with Crippen molar-refractivity contribution in [1.82, 2.24) is 0 Å². The van der Waals surface area contributed by atoms with Gasteiger partial charge in [0.2, 0.25) is 0 Å². The molecule has 1 saturated heterocycles. The molecular formula is C14H19NO7. The van der Waals surface area contributed by atoms with Gasteiger partial charge in [0.25, 0.3) is 5.79 Å². The summed E-state index contributed by atoms with van der Waals surface area (Å²) in [6.45, 7) is -0.834. The smallest absolute Gasteiger partial charge is 0.368 e. The van der Waals surface area contributed by atoms with Crippen molar-refractivity contribution in [1.29, 1.82) is 0 Å². The second-order valence-corrected chi connectivity index (χ2v) is 5.10. The van der Waals surface area contributed by atoms with E-state index >= 15 is 0 Å². The number of carbonyl (C=O) groups is 1. The van der Waals surface area contributed by atoms with Gasteiger partial charge >= 0.3 is 5.97 Å². The van der Waals surface area contributed by atoms with Gasteiger partial charge in [0.05, 0.1) is 12.6 Å². The average Bonchev–Trinajstić information content (AvgIpc) is 2.55. The van der Waals surface area contributed by atoms with E-state index < -0.39 is 42.7 Å². The maximum absolute atomic E-state index is 12.1. The Balaban J connectivity index is 2.09. The van der Waals surface area contributed by atoms with E-state index in [0.29, 0.717) is 5.56 Å². The van der Waals surface area contributed by atoms with Crippen LogP contribution in [0.5, 0.6) is 0 Å². The first kappa shape index (κ1) is 16.8. The summed E-state index contributed by atoms with van der Waals surface area (Å²) in [7, 11) is 0. The lowest BCUT2D eigenvalue weighted by molar-refractivity contribution is -0.308. The zero-order valence-electron chi connectivity index (χ0n) is 11.7. The van der Waals surface area contributed by atoms with Crippen molar-refractivity contribution in [3.8, 4) is 0 Å². The standard InChI is InChI=1S/C14H19NO7/c15-12-11(18)10(17)9(6-16)22-14(12,20)13(19)21-7-8-4-2-1-3-5-8/h1-5,9-12,16-18,20H,6-7,15H2/t9-,10-,11+,12-,14?/m1/s1. The second kappa shape index (κ2) is 6.69. The molecule has 8 heteroatoms. The first-order valence-electron chi connectivity index (χ1n) is 6.74. The molecule has 0 amide bonds. The highest BCUT2D eigenvalue weighted by atomic mass is 16.7. The van der Waals surface area contributed by atoms with E-state index in [9.17, 15) is 20.1 Å². The molecule has 0 bridgehead atoms. The quantitative estimate of drug-likeness (QED) is 0.396. The van der Waals surface area contributed by atoms with E-state index in [2.05, 4.69) is 0 Å². The Bertz CT molecular complexity index is 509. The number of rotatable bonds is 4. The Morgan fingerprint density at radius 3 is 2.50 bits per heavy atom. The van der Waals surface area contributed by atoms with E-state index in [0.717, 1.165) is 0 Å². The van der Waals surface area contributed by atoms with Crippen molar-refractivity contribution in [2.75, 3.05) is 6.61 Å². The van der Waals surface area contributed by atoms with Crippen LogP contribution in [0.3, 0.4) is 0 Å². The van der Waals surface area contributed by atoms with E-state index in [1.54, 1.807) is 30.3 Å². The Kier molecular flexibility index (Phi) is 5.12. The molecule has 122 valence electrons. The maximum atomic E-state index is 12.1. The molecule has 1 aromatic carbocycles. The molecule has 5 atom stereocenters. The van der Waals surface area contributed by atoms with Crippen LogP contribution >= 0.6 is 0 Å². The minimum Gasteiger partial charge on any atom is -0.457 e. The first-order valence-corrected chi connectivity index (χ1v) is 6.74. The second-order valence-electron chi connectivity index (χ2n) is 5.10. The molecule has 0 spiro atoms. The molecule has 1 unspecified atom stereocenters. The van der Waals surface area contributed by atoms with E-state index in [4.69, 9.17) is 20.3 Å². The van der Waals surface area contributed by atoms with Gasteiger partial charge in [0.1, 0.15) is 24.9 Å². The van der Waals surface area contributed by atoms with Crippen LogP contribution in [-0.4, -0.2) is 63.1 Å². The molecular weight excluding hydrogens is 294 g/mol. The SMILES string of the molecule is N[C@@H]1[C@@H](O)[C@H](O)[C@@H](CO)OC1(O)C(=O)OCc1ccccc1. The van der Waals surface area contributed by atoms with Crippen molar-refractivity contribution in [2.24, 2.45) is 5.73 Å². The number of benzene rings is 1. The van der Waals surface area contributed by atoms with E-state index in [-0.39, 0.29) is 6.61 Å². The van der Waals surface area contributed by atoms with Gasteiger partial charge in [0.15, 0.2) is 0 Å². The monoisotopic (exact) mass is 313 g/mol. The van der Waals surface area contributed by atoms with Crippen LogP contribution in [0.25, 0.3) is 0 Å². The Hall–Kier alpha value is -1.55. The van der Waals surface area contributed by atoms with Crippen molar-refractivity contribution in [3.63, 3.8) is 0 Å². The summed E-state index contributed by atoms with van der Waals surface area (Å²) in [5.74, 6) is -3.85. The average molecular weight is 313 g/mol. The molecule has 6 N–H and O–H groups in total. The number of carbonyl (C=O) groups excluding carboxylic acids is 1. The fourth-order valence-electron chi connectivity index (χ4n) is 2.20. The lowest BCUT2D eigenvalue weighted by Gasteiger charge is -2.44. The molecule has 1 aliphatic rings. The topological polar surface area (TPSA) is 142 Å². The van der Waals surface area contributed by atoms with Crippen LogP contribution in [0.2, 0.25) is 0 Å². The van der Waals surface area contributed by atoms with Crippen molar-refractivity contribution in [3.05, 3.63) is 35.9 Å². The molecule has 0 aliphatic carbocycles. The molecule has 1 fully saturated rings. The lowest BCUT2D eigenvalue weighted by atomic mass is 9.91. The van der Waals surface area contributed by atoms with Gasteiger partial charge in [-0.1, -0.05) is 30.3 Å². The summed E-state index contributed by atoms with van der Waals surface area (Å²) in [6.07, 6.45) is -4.54. The number of hydrogen-bond donors (Lipinski definition) is 5. The summed E-state index contributed by atoms with van der Waals surface area (Å²) in [5.41, 5.74) is 6.25. The molecule has 1 heterocycles. The predicted octanol–water partition coefficient (Wildman–Crippen LogP) is -2.14. The van der Waals surface area contributed by atoms with Crippen molar-refractivity contribution < 1.29 is 34.7 Å². The highest BCUT2D eigenvalue weighted by Crippen LogP contribution is 2.28. The van der Waals surface area contributed by atoms with Gasteiger partial charge in [-0.25, -0.2) is 4.79 Å². The third-order valence-corrected chi connectivity index (χ3v) is 3.57. The summed E-state index contributed by atoms with van der Waals surface area (Å²) in [6, 6.07) is 7.12. The normalized spacial score (nSPS) is 35.1. The summed E-state index contributed by atoms with van der Waals surface area (Å²) >= 11 is 0. The number of aliphatic hydroxyl groups excluding tert-OH is 3. The van der Waals surface area contributed by atoms with E-state index in [1.807, 2.05) is 0 Å². The summed E-state index contributed by atoms with van der Waals surface area (Å²) < 4.78 is 9.91. The largest absolute Gasteiger partial charge is 0.457 e. The van der Waals surface area contributed by atoms with Crippen LogP contribution in [0.1, 0.15) is 5.56 Å². The van der Waals surface area contributed by atoms with Crippen LogP contribution in [-0.2, 0) is 20.9 Å². The predicted molar refractivity (Wildman–Crippen MR) is 73.1 cm³/mol. The number of aliphatic hydroxyl groups is 4. The van der Waals surface area contributed by atoms with Gasteiger partial charge in [-0.2, -0.15) is 0 Å². The molecule has 1 aliphatic heterocycles. The molecule has 0 aromatic heterocycles. The molecule has 1 aromatic rings. The number of ether oxygens (including phenoxy) is 2. The third-order valence-electron chi connectivity index (χ3n) is 3.57. The van der Waals surface area contributed by atoms with Crippen molar-refractivity contribution in [2.45, 2.75) is 36.7 Å². The number of hydrogen-bond acceptors (Lipinski definition) is 8. The first-order chi connectivity index (χ1) is 10.4. The minimum absolute atomic E-state index is 0.125. The van der Waals surface area contributed by atoms with Crippen LogP contribution in [0.15, 0.2) is 30.3 Å². The Morgan fingerprint density at radius 1 is 1.27 bits per heavy atom. The molecule has 22 heavy (non-hydrogen) atoms. The maximum Gasteiger partial charge on any atom is 0.368 e. The van der Waals surface area contributed by atoms with Gasteiger partial charge in [-0.3, -0.25) is 0 Å². The molecule has 8 nitrogen and oxygen atoms in total. The highest BCUT2D eigenvalue weighted by Gasteiger charge is 2.57. The number of nitrogens with two attached hydrogens (primary N) is 1. The van der Waals surface area contributed by atoms with Gasteiger partial charge in [-0.15, -0.1) is 0 Å². The van der Waals surface area contributed by atoms with Crippen LogP contribution in [0, 0.1) is 0 Å². The highest BCUT2D eigenvalue weighted by molar-refractivity contribution is 5.79. The fraction of sp³-hybridized carbons (Fsp3) is 0.500. The Morgan fingerprint density at radius 2 is 1.91 bits per heavy atom. The zero-order chi connectivity index (χ0) is 16.3. The zero-order valence-corrected chi connectivity index (χ0v) is 11.7.